The van der Waals surface area contributed by atoms with Crippen LogP contribution in [0, 0.1) is 6.92 Å². The molecule has 1 heterocycles. The maximum Gasteiger partial charge on any atom is 0.119 e. The van der Waals surface area contributed by atoms with Gasteiger partial charge in [0.2, 0.25) is 0 Å². The summed E-state index contributed by atoms with van der Waals surface area (Å²) in [7, 11) is 1.72. The summed E-state index contributed by atoms with van der Waals surface area (Å²) < 4.78 is 5.31. The van der Waals surface area contributed by atoms with Crippen LogP contribution in [0.25, 0.3) is 0 Å². The molecule has 1 aromatic carbocycles. The number of hydrogen-bond donors (Lipinski definition) is 1. The second-order valence-corrected chi connectivity index (χ2v) is 5.76. The van der Waals surface area contributed by atoms with Gasteiger partial charge in [-0.15, -0.1) is 0 Å². The van der Waals surface area contributed by atoms with Gasteiger partial charge in [0.15, 0.2) is 0 Å². The topological polar surface area (TPSA) is 38.5 Å². The van der Waals surface area contributed by atoms with Crippen molar-refractivity contribution in [3.8, 4) is 5.75 Å². The molecule has 0 aliphatic carbocycles. The summed E-state index contributed by atoms with van der Waals surface area (Å²) in [5.74, 6) is 1.36. The first kappa shape index (κ1) is 15.3. The Morgan fingerprint density at radius 1 is 1.40 bits per heavy atom. The van der Waals surface area contributed by atoms with E-state index in [9.17, 15) is 0 Å². The first-order valence-electron chi connectivity index (χ1n) is 7.79. The van der Waals surface area contributed by atoms with E-state index in [0.29, 0.717) is 18.5 Å². The lowest BCUT2D eigenvalue weighted by molar-refractivity contribution is 0.133. The third kappa shape index (κ3) is 3.15. The predicted molar refractivity (Wildman–Crippen MR) is 84.4 cm³/mol. The number of rotatable bonds is 5. The molecule has 2 N–H and O–H groups in total. The average Bonchev–Trinajstić information content (AvgIpc) is 2.50. The second kappa shape index (κ2) is 7.09. The molecule has 2 unspecified atom stereocenters. The van der Waals surface area contributed by atoms with Gasteiger partial charge in [-0.05, 0) is 56.1 Å². The van der Waals surface area contributed by atoms with E-state index in [1.807, 2.05) is 0 Å². The fourth-order valence-electron chi connectivity index (χ4n) is 3.55. The Bertz CT molecular complexity index is 433. The summed E-state index contributed by atoms with van der Waals surface area (Å²) in [5, 5.41) is 0. The third-order valence-corrected chi connectivity index (χ3v) is 4.67. The van der Waals surface area contributed by atoms with E-state index >= 15 is 0 Å². The van der Waals surface area contributed by atoms with Gasteiger partial charge in [-0.2, -0.15) is 0 Å². The van der Waals surface area contributed by atoms with Crippen LogP contribution in [0.3, 0.4) is 0 Å². The van der Waals surface area contributed by atoms with Crippen molar-refractivity contribution in [2.45, 2.75) is 45.1 Å². The Labute approximate surface area is 123 Å². The lowest BCUT2D eigenvalue weighted by atomic mass is 9.83. The number of likely N-dealkylation sites (N-methyl/N-ethyl adjacent to an activating group) is 1. The normalized spacial score (nSPS) is 21.7. The van der Waals surface area contributed by atoms with Crippen molar-refractivity contribution in [3.05, 3.63) is 29.3 Å². The molecule has 20 heavy (non-hydrogen) atoms. The van der Waals surface area contributed by atoms with E-state index < -0.39 is 0 Å². The van der Waals surface area contributed by atoms with Crippen LogP contribution in [0.5, 0.6) is 5.75 Å². The van der Waals surface area contributed by atoms with Gasteiger partial charge in [-0.25, -0.2) is 0 Å². The molecule has 0 amide bonds. The molecule has 3 nitrogen and oxygen atoms in total. The monoisotopic (exact) mass is 276 g/mol. The van der Waals surface area contributed by atoms with Crippen LogP contribution < -0.4 is 10.5 Å². The standard InChI is InChI=1S/C17H28N2O/c1-4-19-10-6-5-7-17(19)16(12-18)15-9-8-14(20-3)11-13(15)2/h8-9,11,16-17H,4-7,10,12,18H2,1-3H3. The molecule has 0 radical (unpaired) electrons. The average molecular weight is 276 g/mol. The molecule has 1 aromatic rings. The zero-order valence-corrected chi connectivity index (χ0v) is 13.1. The lowest BCUT2D eigenvalue weighted by Crippen LogP contribution is -2.45. The van der Waals surface area contributed by atoms with E-state index in [1.165, 1.54) is 36.9 Å². The van der Waals surface area contributed by atoms with Gasteiger partial charge in [-0.3, -0.25) is 0 Å². The minimum absolute atomic E-state index is 0.432. The first-order chi connectivity index (χ1) is 9.71. The van der Waals surface area contributed by atoms with Crippen molar-refractivity contribution in [1.29, 1.82) is 0 Å². The van der Waals surface area contributed by atoms with Crippen LogP contribution in [0.15, 0.2) is 18.2 Å². The summed E-state index contributed by atoms with van der Waals surface area (Å²) in [5.41, 5.74) is 8.81. The minimum atomic E-state index is 0.432. The fourth-order valence-corrected chi connectivity index (χ4v) is 3.55. The van der Waals surface area contributed by atoms with E-state index in [0.717, 1.165) is 12.3 Å². The molecule has 1 fully saturated rings. The van der Waals surface area contributed by atoms with Crippen molar-refractivity contribution < 1.29 is 4.74 Å². The molecule has 2 atom stereocenters. The minimum Gasteiger partial charge on any atom is -0.497 e. The molecule has 0 aromatic heterocycles. The molecular formula is C17H28N2O. The Morgan fingerprint density at radius 2 is 2.20 bits per heavy atom. The SMILES string of the molecule is CCN1CCCCC1C(CN)c1ccc(OC)cc1C. The highest BCUT2D eigenvalue weighted by Gasteiger charge is 2.29. The van der Waals surface area contributed by atoms with Crippen molar-refractivity contribution in [2.24, 2.45) is 5.73 Å². The molecule has 0 saturated carbocycles. The van der Waals surface area contributed by atoms with Crippen molar-refractivity contribution in [3.63, 3.8) is 0 Å². The van der Waals surface area contributed by atoms with E-state index in [4.69, 9.17) is 10.5 Å². The Balaban J connectivity index is 2.26. The summed E-state index contributed by atoms with van der Waals surface area (Å²) in [4.78, 5) is 2.60. The van der Waals surface area contributed by atoms with Gasteiger partial charge in [0, 0.05) is 18.5 Å². The van der Waals surface area contributed by atoms with Crippen molar-refractivity contribution in [2.75, 3.05) is 26.7 Å². The quantitative estimate of drug-likeness (QED) is 0.898. The van der Waals surface area contributed by atoms with Crippen molar-refractivity contribution in [1.82, 2.24) is 4.90 Å². The van der Waals surface area contributed by atoms with Gasteiger partial charge in [0.05, 0.1) is 7.11 Å². The number of likely N-dealkylation sites (tertiary alicyclic amines) is 1. The van der Waals surface area contributed by atoms with Crippen LogP contribution in [0.2, 0.25) is 0 Å². The number of aryl methyl sites for hydroxylation is 1. The fraction of sp³-hybridized carbons (Fsp3) is 0.647. The van der Waals surface area contributed by atoms with Gasteiger partial charge < -0.3 is 15.4 Å². The number of nitrogens with two attached hydrogens (primary N) is 1. The predicted octanol–water partition coefficient (Wildman–Crippen LogP) is 2.92. The summed E-state index contributed by atoms with van der Waals surface area (Å²) in [6.45, 7) is 7.48. The maximum atomic E-state index is 6.13. The zero-order chi connectivity index (χ0) is 14.5. The van der Waals surface area contributed by atoms with Crippen molar-refractivity contribution >= 4 is 0 Å². The number of methoxy groups -OCH3 is 1. The number of benzene rings is 1. The highest BCUT2D eigenvalue weighted by molar-refractivity contribution is 5.38. The van der Waals surface area contributed by atoms with Gasteiger partial charge in [0.1, 0.15) is 5.75 Å². The van der Waals surface area contributed by atoms with E-state index in [1.54, 1.807) is 7.11 Å². The Hall–Kier alpha value is -1.06. The molecule has 2 rings (SSSR count). The molecule has 1 aliphatic rings. The zero-order valence-electron chi connectivity index (χ0n) is 13.1. The maximum absolute atomic E-state index is 6.13. The first-order valence-corrected chi connectivity index (χ1v) is 7.79. The van der Waals surface area contributed by atoms with Gasteiger partial charge in [-0.1, -0.05) is 19.4 Å². The molecule has 112 valence electrons. The van der Waals surface area contributed by atoms with Crippen LogP contribution in [0.4, 0.5) is 0 Å². The summed E-state index contributed by atoms with van der Waals surface area (Å²) in [6.07, 6.45) is 3.91. The highest BCUT2D eigenvalue weighted by Crippen LogP contribution is 2.32. The molecule has 0 spiro atoms. The number of ether oxygens (including phenoxy) is 1. The van der Waals surface area contributed by atoms with Crippen LogP contribution >= 0.6 is 0 Å². The Morgan fingerprint density at radius 3 is 2.80 bits per heavy atom. The second-order valence-electron chi connectivity index (χ2n) is 5.76. The molecule has 3 heteroatoms. The van der Waals surface area contributed by atoms with Crippen LogP contribution in [-0.4, -0.2) is 37.7 Å². The van der Waals surface area contributed by atoms with E-state index in [2.05, 4.69) is 36.9 Å². The van der Waals surface area contributed by atoms with Crippen LogP contribution in [0.1, 0.15) is 43.2 Å². The van der Waals surface area contributed by atoms with Gasteiger partial charge in [0.25, 0.3) is 0 Å². The smallest absolute Gasteiger partial charge is 0.119 e. The number of nitrogens with zero attached hydrogens (tertiary/aromatic N) is 1. The molecular weight excluding hydrogens is 248 g/mol. The molecule has 1 aliphatic heterocycles. The third-order valence-electron chi connectivity index (χ3n) is 4.67. The lowest BCUT2D eigenvalue weighted by Gasteiger charge is -2.40. The highest BCUT2D eigenvalue weighted by atomic mass is 16.5. The molecule has 1 saturated heterocycles. The number of piperidine rings is 1. The number of hydrogen-bond acceptors (Lipinski definition) is 3. The molecule has 0 bridgehead atoms. The summed E-state index contributed by atoms with van der Waals surface area (Å²) >= 11 is 0. The van der Waals surface area contributed by atoms with Crippen LogP contribution in [-0.2, 0) is 0 Å². The van der Waals surface area contributed by atoms with Gasteiger partial charge >= 0.3 is 0 Å². The van der Waals surface area contributed by atoms with E-state index in [-0.39, 0.29) is 0 Å². The summed E-state index contributed by atoms with van der Waals surface area (Å²) in [6, 6.07) is 6.97. The largest absolute Gasteiger partial charge is 0.497 e. The Kier molecular flexibility index (Phi) is 5.44.